The Labute approximate surface area is 211 Å². The quantitative estimate of drug-likeness (QED) is 0.267. The van der Waals surface area contributed by atoms with Gasteiger partial charge in [-0.2, -0.15) is 0 Å². The predicted molar refractivity (Wildman–Crippen MR) is 138 cm³/mol. The summed E-state index contributed by atoms with van der Waals surface area (Å²) in [5.74, 6) is -0.805. The first-order valence-corrected chi connectivity index (χ1v) is 13.3. The number of unbranched alkanes of at least 4 members (excludes halogenated alkanes) is 4. The number of cyclic esters (lactones) is 1. The van der Waals surface area contributed by atoms with E-state index in [4.69, 9.17) is 4.74 Å². The monoisotopic (exact) mass is 493 g/mol. The number of hydrogen-bond donors (Lipinski definition) is 2. The van der Waals surface area contributed by atoms with Crippen LogP contribution >= 0.6 is 0 Å². The van der Waals surface area contributed by atoms with Gasteiger partial charge in [-0.15, -0.1) is 0 Å². The molecule has 0 bridgehead atoms. The van der Waals surface area contributed by atoms with Crippen LogP contribution in [0.2, 0.25) is 0 Å². The Morgan fingerprint density at radius 3 is 2.49 bits per heavy atom. The molecule has 3 amide bonds. The average molecular weight is 494 g/mol. The molecule has 200 valence electrons. The number of carbonyl (C=O) groups excluding carboxylic acids is 4. The van der Waals surface area contributed by atoms with Crippen LogP contribution in [0.15, 0.2) is 12.2 Å². The standard InChI is InChI=1S/C27H47N3O5/c1-6-7-8-9-12-15-23-16-13-10-11-14-21(26(33)30(4)5)18-22(19-31)28-25(32)24(17-20(2)3)29-27(34)35-23/h10-11,19-24H,6-9,12-18H2,1-5H3,(H,28,32)(H,29,34)/b11-10+/t21?,22-,23?,24-/m0/s1. The number of ether oxygens (including phenoxy) is 1. The van der Waals surface area contributed by atoms with Gasteiger partial charge in [0.15, 0.2) is 0 Å². The molecule has 0 saturated carbocycles. The smallest absolute Gasteiger partial charge is 0.408 e. The Bertz CT molecular complexity index is 692. The van der Waals surface area contributed by atoms with Gasteiger partial charge in [0.2, 0.25) is 11.8 Å². The maximum absolute atomic E-state index is 13.0. The molecule has 0 saturated heterocycles. The molecule has 2 N–H and O–H groups in total. The number of nitrogens with one attached hydrogen (secondary N) is 2. The van der Waals surface area contributed by atoms with Crippen LogP contribution < -0.4 is 10.6 Å². The molecule has 4 atom stereocenters. The van der Waals surface area contributed by atoms with E-state index in [9.17, 15) is 19.2 Å². The highest BCUT2D eigenvalue weighted by Crippen LogP contribution is 2.18. The summed E-state index contributed by atoms with van der Waals surface area (Å²) in [6.07, 6.45) is 12.7. The van der Waals surface area contributed by atoms with Crippen LogP contribution in [-0.4, -0.2) is 61.4 Å². The molecule has 1 aliphatic heterocycles. The second-order valence-electron chi connectivity index (χ2n) is 10.3. The summed E-state index contributed by atoms with van der Waals surface area (Å²) in [7, 11) is 3.37. The first-order valence-electron chi connectivity index (χ1n) is 13.3. The van der Waals surface area contributed by atoms with E-state index < -0.39 is 30.0 Å². The highest BCUT2D eigenvalue weighted by molar-refractivity contribution is 5.88. The van der Waals surface area contributed by atoms with E-state index in [0.29, 0.717) is 25.5 Å². The fourth-order valence-corrected chi connectivity index (χ4v) is 4.33. The zero-order valence-corrected chi connectivity index (χ0v) is 22.4. The normalized spacial score (nSPS) is 25.4. The van der Waals surface area contributed by atoms with Crippen molar-refractivity contribution in [3.05, 3.63) is 12.2 Å². The number of carbonyl (C=O) groups is 4. The molecule has 1 aliphatic rings. The lowest BCUT2D eigenvalue weighted by Crippen LogP contribution is -2.51. The summed E-state index contributed by atoms with van der Waals surface area (Å²) >= 11 is 0. The maximum atomic E-state index is 13.0. The van der Waals surface area contributed by atoms with Gasteiger partial charge in [-0.1, -0.05) is 58.6 Å². The van der Waals surface area contributed by atoms with E-state index in [0.717, 1.165) is 25.7 Å². The van der Waals surface area contributed by atoms with Gasteiger partial charge in [0, 0.05) is 20.0 Å². The van der Waals surface area contributed by atoms with Gasteiger partial charge in [0.1, 0.15) is 18.4 Å². The third-order valence-electron chi connectivity index (χ3n) is 6.28. The van der Waals surface area contributed by atoms with Crippen LogP contribution in [0.4, 0.5) is 4.79 Å². The van der Waals surface area contributed by atoms with Crippen molar-refractivity contribution in [3.63, 3.8) is 0 Å². The molecule has 0 fully saturated rings. The van der Waals surface area contributed by atoms with Crippen LogP contribution in [0.1, 0.15) is 91.4 Å². The molecular weight excluding hydrogens is 446 g/mol. The number of aldehydes is 1. The fourth-order valence-electron chi connectivity index (χ4n) is 4.33. The summed E-state index contributed by atoms with van der Waals surface area (Å²) in [6.45, 7) is 6.10. The van der Waals surface area contributed by atoms with Crippen LogP contribution in [-0.2, 0) is 19.1 Å². The Kier molecular flexibility index (Phi) is 15.0. The van der Waals surface area contributed by atoms with E-state index in [2.05, 4.69) is 17.6 Å². The topological polar surface area (TPSA) is 105 Å². The average Bonchev–Trinajstić information content (AvgIpc) is 2.80. The van der Waals surface area contributed by atoms with Crippen LogP contribution in [0.5, 0.6) is 0 Å². The van der Waals surface area contributed by atoms with Gasteiger partial charge in [-0.25, -0.2) is 4.79 Å². The van der Waals surface area contributed by atoms with Gasteiger partial charge in [-0.3, -0.25) is 9.59 Å². The van der Waals surface area contributed by atoms with Gasteiger partial charge in [-0.05, 0) is 50.9 Å². The van der Waals surface area contributed by atoms with E-state index >= 15 is 0 Å². The van der Waals surface area contributed by atoms with Crippen molar-refractivity contribution in [1.29, 1.82) is 0 Å². The molecule has 0 aromatic carbocycles. The minimum Gasteiger partial charge on any atom is -0.446 e. The molecule has 1 heterocycles. The number of alkyl carbamates (subject to hydrolysis) is 1. The van der Waals surface area contributed by atoms with Crippen LogP contribution in [0.25, 0.3) is 0 Å². The molecule has 0 spiro atoms. The lowest BCUT2D eigenvalue weighted by atomic mass is 9.94. The number of rotatable bonds is 10. The van der Waals surface area contributed by atoms with Gasteiger partial charge < -0.3 is 25.1 Å². The van der Waals surface area contributed by atoms with Crippen molar-refractivity contribution in [3.8, 4) is 0 Å². The Morgan fingerprint density at radius 1 is 1.14 bits per heavy atom. The Morgan fingerprint density at radius 2 is 1.86 bits per heavy atom. The van der Waals surface area contributed by atoms with Gasteiger partial charge >= 0.3 is 6.09 Å². The lowest BCUT2D eigenvalue weighted by Gasteiger charge is -2.25. The molecule has 0 aliphatic carbocycles. The number of amides is 3. The van der Waals surface area contributed by atoms with Crippen molar-refractivity contribution in [1.82, 2.24) is 15.5 Å². The predicted octanol–water partition coefficient (Wildman–Crippen LogP) is 4.37. The molecule has 0 aromatic rings. The zero-order chi connectivity index (χ0) is 26.2. The first-order chi connectivity index (χ1) is 16.7. The lowest BCUT2D eigenvalue weighted by molar-refractivity contribution is -0.134. The molecular formula is C27H47N3O5. The summed E-state index contributed by atoms with van der Waals surface area (Å²) in [6, 6.07) is -1.64. The van der Waals surface area contributed by atoms with Gasteiger partial charge in [0.25, 0.3) is 0 Å². The molecule has 35 heavy (non-hydrogen) atoms. The molecule has 8 nitrogen and oxygen atoms in total. The summed E-state index contributed by atoms with van der Waals surface area (Å²) in [4.78, 5) is 51.7. The number of allylic oxidation sites excluding steroid dienone is 2. The zero-order valence-electron chi connectivity index (χ0n) is 22.4. The molecule has 8 heteroatoms. The second kappa shape index (κ2) is 17.1. The molecule has 2 unspecified atom stereocenters. The summed E-state index contributed by atoms with van der Waals surface area (Å²) in [5.41, 5.74) is 0. The Hall–Kier alpha value is -2.38. The van der Waals surface area contributed by atoms with E-state index in [1.54, 1.807) is 14.1 Å². The molecule has 1 rings (SSSR count). The second-order valence-corrected chi connectivity index (χ2v) is 10.3. The van der Waals surface area contributed by atoms with Crippen LogP contribution in [0, 0.1) is 11.8 Å². The van der Waals surface area contributed by atoms with E-state index in [-0.39, 0.29) is 24.3 Å². The van der Waals surface area contributed by atoms with Gasteiger partial charge in [0.05, 0.1) is 6.04 Å². The number of hydrogen-bond acceptors (Lipinski definition) is 5. The van der Waals surface area contributed by atoms with Crippen molar-refractivity contribution in [2.75, 3.05) is 14.1 Å². The maximum Gasteiger partial charge on any atom is 0.408 e. The van der Waals surface area contributed by atoms with Crippen molar-refractivity contribution in [2.24, 2.45) is 11.8 Å². The largest absolute Gasteiger partial charge is 0.446 e. The van der Waals surface area contributed by atoms with Crippen molar-refractivity contribution < 1.29 is 23.9 Å². The highest BCUT2D eigenvalue weighted by atomic mass is 16.6. The first kappa shape index (κ1) is 30.7. The molecule has 0 aromatic heterocycles. The van der Waals surface area contributed by atoms with Crippen molar-refractivity contribution in [2.45, 2.75) is 110 Å². The minimum absolute atomic E-state index is 0.0830. The fraction of sp³-hybridized carbons (Fsp3) is 0.778. The SMILES string of the molecule is CCCCCCCC1CC/C=C/CC(C(=O)N(C)C)C[C@@H](C=O)NC(=O)[C@H](CC(C)C)NC(=O)O1. The number of nitrogens with zero attached hydrogens (tertiary/aromatic N) is 1. The third kappa shape index (κ3) is 12.8. The van der Waals surface area contributed by atoms with Crippen molar-refractivity contribution >= 4 is 24.2 Å². The summed E-state index contributed by atoms with van der Waals surface area (Å²) < 4.78 is 5.74. The summed E-state index contributed by atoms with van der Waals surface area (Å²) in [5, 5.41) is 5.45. The van der Waals surface area contributed by atoms with E-state index in [1.165, 1.54) is 24.2 Å². The molecule has 0 radical (unpaired) electrons. The minimum atomic E-state index is -0.821. The highest BCUT2D eigenvalue weighted by Gasteiger charge is 2.29. The third-order valence-corrected chi connectivity index (χ3v) is 6.28. The van der Waals surface area contributed by atoms with E-state index in [1.807, 2.05) is 26.0 Å². The van der Waals surface area contributed by atoms with Crippen LogP contribution in [0.3, 0.4) is 0 Å². The Balaban J connectivity index is 3.06.